The Kier molecular flexibility index (Phi) is 8.88. The van der Waals surface area contributed by atoms with Crippen molar-refractivity contribution in [3.8, 4) is 0 Å². The molecular weight excluding hydrogens is 342 g/mol. The third-order valence-corrected chi connectivity index (χ3v) is 5.49. The van der Waals surface area contributed by atoms with E-state index in [9.17, 15) is 9.59 Å². The topological polar surface area (TPSA) is 77.0 Å². The predicted molar refractivity (Wildman–Crippen MR) is 109 cm³/mol. The van der Waals surface area contributed by atoms with Gasteiger partial charge in [0.15, 0.2) is 5.96 Å². The minimum absolute atomic E-state index is 0.0212. The molecular formula is C20H37N5O2. The Morgan fingerprint density at radius 3 is 2.56 bits per heavy atom. The first kappa shape index (κ1) is 21.5. The Morgan fingerprint density at radius 2 is 1.89 bits per heavy atom. The molecule has 1 heterocycles. The summed E-state index contributed by atoms with van der Waals surface area (Å²) >= 11 is 0. The van der Waals surface area contributed by atoms with E-state index in [1.54, 1.807) is 19.0 Å². The highest BCUT2D eigenvalue weighted by molar-refractivity contribution is 5.85. The molecule has 7 nitrogen and oxygen atoms in total. The maximum Gasteiger partial charge on any atom is 0.243 e. The second-order valence-corrected chi connectivity index (χ2v) is 7.98. The molecule has 0 aromatic heterocycles. The number of rotatable bonds is 7. The lowest BCUT2D eigenvalue weighted by atomic mass is 9.88. The first-order valence-electron chi connectivity index (χ1n) is 10.5. The van der Waals surface area contributed by atoms with Gasteiger partial charge in [-0.1, -0.05) is 32.6 Å². The van der Waals surface area contributed by atoms with Gasteiger partial charge in [0.1, 0.15) is 6.54 Å². The molecule has 1 saturated heterocycles. The van der Waals surface area contributed by atoms with E-state index in [2.05, 4.69) is 22.5 Å². The van der Waals surface area contributed by atoms with Gasteiger partial charge >= 0.3 is 0 Å². The zero-order valence-corrected chi connectivity index (χ0v) is 17.3. The third kappa shape index (κ3) is 7.03. The largest absolute Gasteiger partial charge is 0.356 e. The lowest BCUT2D eigenvalue weighted by Gasteiger charge is -2.26. The normalized spacial score (nSPS) is 21.2. The number of amides is 2. The molecule has 1 unspecified atom stereocenters. The third-order valence-electron chi connectivity index (χ3n) is 5.49. The van der Waals surface area contributed by atoms with Crippen molar-refractivity contribution in [2.75, 3.05) is 40.3 Å². The summed E-state index contributed by atoms with van der Waals surface area (Å²) in [6.07, 6.45) is 8.81. The summed E-state index contributed by atoms with van der Waals surface area (Å²) in [5.41, 5.74) is 0. The highest BCUT2D eigenvalue weighted by Crippen LogP contribution is 2.26. The lowest BCUT2D eigenvalue weighted by Crippen LogP contribution is -2.46. The van der Waals surface area contributed by atoms with Crippen LogP contribution in [0.3, 0.4) is 0 Å². The van der Waals surface area contributed by atoms with Gasteiger partial charge in [0.2, 0.25) is 11.8 Å². The van der Waals surface area contributed by atoms with Crippen molar-refractivity contribution in [3.05, 3.63) is 0 Å². The number of carbonyl (C=O) groups excluding carboxylic acids is 2. The minimum Gasteiger partial charge on any atom is -0.356 e. The molecule has 27 heavy (non-hydrogen) atoms. The van der Waals surface area contributed by atoms with Gasteiger partial charge in [-0.2, -0.15) is 0 Å². The number of carbonyl (C=O) groups is 2. The zero-order chi connectivity index (χ0) is 19.6. The van der Waals surface area contributed by atoms with Crippen molar-refractivity contribution in [2.45, 2.75) is 64.3 Å². The molecule has 0 bridgehead atoms. The molecule has 0 aromatic carbocycles. The number of guanidine groups is 1. The molecule has 0 aromatic rings. The molecule has 1 aliphatic carbocycles. The average molecular weight is 380 g/mol. The summed E-state index contributed by atoms with van der Waals surface area (Å²) in [6.45, 7) is 4.65. The molecule has 0 spiro atoms. The van der Waals surface area contributed by atoms with Crippen molar-refractivity contribution >= 4 is 17.8 Å². The van der Waals surface area contributed by atoms with Crippen LogP contribution in [-0.2, 0) is 9.59 Å². The Labute approximate surface area is 163 Å². The number of nitrogens with zero attached hydrogens (tertiary/aromatic N) is 3. The van der Waals surface area contributed by atoms with E-state index >= 15 is 0 Å². The molecule has 2 rings (SSSR count). The molecule has 0 radical (unpaired) electrons. The molecule has 2 N–H and O–H groups in total. The van der Waals surface area contributed by atoms with Crippen molar-refractivity contribution < 1.29 is 9.59 Å². The summed E-state index contributed by atoms with van der Waals surface area (Å²) in [4.78, 5) is 32.6. The summed E-state index contributed by atoms with van der Waals surface area (Å²) in [5.74, 6) is 1.22. The number of hydrogen-bond donors (Lipinski definition) is 2. The number of likely N-dealkylation sites (N-methyl/N-ethyl adjacent to an activating group) is 1. The average Bonchev–Trinajstić information content (AvgIpc) is 3.14. The molecule has 1 saturated carbocycles. The van der Waals surface area contributed by atoms with Gasteiger partial charge in [0, 0.05) is 45.7 Å². The lowest BCUT2D eigenvalue weighted by molar-refractivity contribution is -0.135. The fraction of sp³-hybridized carbons (Fsp3) is 0.850. The zero-order valence-electron chi connectivity index (χ0n) is 17.3. The van der Waals surface area contributed by atoms with E-state index < -0.39 is 0 Å². The number of hydrogen-bond acceptors (Lipinski definition) is 3. The summed E-state index contributed by atoms with van der Waals surface area (Å²) in [6, 6.07) is 0.194. The van der Waals surface area contributed by atoms with Crippen LogP contribution in [0.15, 0.2) is 4.99 Å². The van der Waals surface area contributed by atoms with Gasteiger partial charge in [-0.25, -0.2) is 4.99 Å². The minimum atomic E-state index is -0.0212. The van der Waals surface area contributed by atoms with Gasteiger partial charge in [0.25, 0.3) is 0 Å². The molecule has 2 fully saturated rings. The number of likely N-dealkylation sites (tertiary alicyclic amines) is 1. The van der Waals surface area contributed by atoms with Crippen molar-refractivity contribution in [1.82, 2.24) is 20.4 Å². The van der Waals surface area contributed by atoms with E-state index in [4.69, 9.17) is 0 Å². The van der Waals surface area contributed by atoms with Crippen molar-refractivity contribution in [1.29, 1.82) is 0 Å². The first-order valence-corrected chi connectivity index (χ1v) is 10.5. The van der Waals surface area contributed by atoms with E-state index in [-0.39, 0.29) is 24.4 Å². The van der Waals surface area contributed by atoms with Crippen molar-refractivity contribution in [2.24, 2.45) is 10.9 Å². The summed E-state index contributed by atoms with van der Waals surface area (Å²) in [5, 5.41) is 6.75. The van der Waals surface area contributed by atoms with E-state index in [1.807, 2.05) is 4.90 Å². The van der Waals surface area contributed by atoms with Gasteiger partial charge in [-0.3, -0.25) is 9.59 Å². The maximum absolute atomic E-state index is 12.7. The van der Waals surface area contributed by atoms with Crippen LogP contribution in [-0.4, -0.2) is 73.9 Å². The number of nitrogens with one attached hydrogen (secondary N) is 2. The quantitative estimate of drug-likeness (QED) is 0.400. The highest BCUT2D eigenvalue weighted by atomic mass is 16.2. The van der Waals surface area contributed by atoms with Crippen LogP contribution in [0.2, 0.25) is 0 Å². The van der Waals surface area contributed by atoms with Crippen LogP contribution in [0.4, 0.5) is 0 Å². The fourth-order valence-electron chi connectivity index (χ4n) is 3.70. The van der Waals surface area contributed by atoms with Crippen LogP contribution < -0.4 is 10.6 Å². The van der Waals surface area contributed by atoms with Gasteiger partial charge in [-0.05, 0) is 25.7 Å². The second kappa shape index (κ2) is 11.1. The van der Waals surface area contributed by atoms with Gasteiger partial charge in [-0.15, -0.1) is 0 Å². The molecule has 2 amide bonds. The standard InChI is InChI=1S/C20H37N5O2/c1-4-5-12-21-20(22-14-18(26)24(2)3)23-17-11-13-25(15-17)19(27)16-9-7-6-8-10-16/h16-17H,4-15H2,1-3H3,(H2,21,22,23). The summed E-state index contributed by atoms with van der Waals surface area (Å²) < 4.78 is 0. The molecule has 154 valence electrons. The number of unbranched alkanes of at least 4 members (excludes halogenated alkanes) is 1. The monoisotopic (exact) mass is 379 g/mol. The molecule has 7 heteroatoms. The van der Waals surface area contributed by atoms with Crippen LogP contribution in [0.1, 0.15) is 58.3 Å². The fourth-order valence-corrected chi connectivity index (χ4v) is 3.70. The molecule has 1 aliphatic heterocycles. The Hall–Kier alpha value is -1.79. The van der Waals surface area contributed by atoms with Gasteiger partial charge < -0.3 is 20.4 Å². The second-order valence-electron chi connectivity index (χ2n) is 7.98. The Bertz CT molecular complexity index is 515. The van der Waals surface area contributed by atoms with E-state index in [0.717, 1.165) is 51.7 Å². The maximum atomic E-state index is 12.7. The van der Waals surface area contributed by atoms with Crippen LogP contribution in [0.25, 0.3) is 0 Å². The molecule has 1 atom stereocenters. The van der Waals surface area contributed by atoms with Crippen LogP contribution in [0, 0.1) is 5.92 Å². The van der Waals surface area contributed by atoms with Crippen LogP contribution >= 0.6 is 0 Å². The Morgan fingerprint density at radius 1 is 1.15 bits per heavy atom. The smallest absolute Gasteiger partial charge is 0.243 e. The van der Waals surface area contributed by atoms with E-state index in [1.165, 1.54) is 19.3 Å². The molecule has 2 aliphatic rings. The first-order chi connectivity index (χ1) is 13.0. The van der Waals surface area contributed by atoms with Crippen molar-refractivity contribution in [3.63, 3.8) is 0 Å². The highest BCUT2D eigenvalue weighted by Gasteiger charge is 2.31. The van der Waals surface area contributed by atoms with Crippen LogP contribution in [0.5, 0.6) is 0 Å². The van der Waals surface area contributed by atoms with Gasteiger partial charge in [0.05, 0.1) is 0 Å². The predicted octanol–water partition coefficient (Wildman–Crippen LogP) is 1.59. The van der Waals surface area contributed by atoms with E-state index in [0.29, 0.717) is 11.9 Å². The summed E-state index contributed by atoms with van der Waals surface area (Å²) in [7, 11) is 3.47. The Balaban J connectivity index is 1.87. The SMILES string of the molecule is CCCCNC(=NCC(=O)N(C)C)NC1CCN(C(=O)C2CCCCC2)C1. The number of aliphatic imine (C=N–C) groups is 1.